The van der Waals surface area contributed by atoms with E-state index in [2.05, 4.69) is 15.9 Å². The van der Waals surface area contributed by atoms with E-state index in [0.29, 0.717) is 6.42 Å². The fraction of sp³-hybridized carbons (Fsp3) is 0.333. The third-order valence-electron chi connectivity index (χ3n) is 1.59. The van der Waals surface area contributed by atoms with E-state index in [4.69, 9.17) is 5.11 Å². The molecule has 0 aliphatic carbocycles. The first-order valence-electron chi connectivity index (χ1n) is 3.75. The minimum atomic E-state index is -0.436. The van der Waals surface area contributed by atoms with E-state index >= 15 is 0 Å². The standard InChI is InChI=1S/C9H11BrO2/c1-6(11)5-7-8(10)3-2-4-9(7)12/h2-4,6,11-12H,5H2,1H3/t6-/m1/s1. The van der Waals surface area contributed by atoms with E-state index in [1.807, 2.05) is 6.07 Å². The first-order valence-corrected chi connectivity index (χ1v) is 4.55. The molecule has 0 aliphatic heterocycles. The molecule has 0 saturated heterocycles. The van der Waals surface area contributed by atoms with Crippen molar-refractivity contribution in [3.63, 3.8) is 0 Å². The molecule has 66 valence electrons. The van der Waals surface area contributed by atoms with Crippen LogP contribution in [0.1, 0.15) is 12.5 Å². The van der Waals surface area contributed by atoms with Gasteiger partial charge in [-0.1, -0.05) is 22.0 Å². The monoisotopic (exact) mass is 230 g/mol. The fourth-order valence-electron chi connectivity index (χ4n) is 1.04. The predicted molar refractivity (Wildman–Crippen MR) is 51.2 cm³/mol. The summed E-state index contributed by atoms with van der Waals surface area (Å²) < 4.78 is 0.836. The van der Waals surface area contributed by atoms with Gasteiger partial charge in [-0.05, 0) is 19.1 Å². The number of hydrogen-bond acceptors (Lipinski definition) is 2. The molecular weight excluding hydrogens is 220 g/mol. The van der Waals surface area contributed by atoms with Gasteiger partial charge in [0.1, 0.15) is 5.75 Å². The quantitative estimate of drug-likeness (QED) is 0.817. The first-order chi connectivity index (χ1) is 5.61. The molecule has 0 saturated carbocycles. The highest BCUT2D eigenvalue weighted by atomic mass is 79.9. The van der Waals surface area contributed by atoms with Crippen LogP contribution in [0, 0.1) is 0 Å². The van der Waals surface area contributed by atoms with Gasteiger partial charge in [0.2, 0.25) is 0 Å². The van der Waals surface area contributed by atoms with Crippen LogP contribution in [0.15, 0.2) is 22.7 Å². The van der Waals surface area contributed by atoms with Gasteiger partial charge in [0.05, 0.1) is 6.10 Å². The molecular formula is C9H11BrO2. The molecule has 3 heteroatoms. The van der Waals surface area contributed by atoms with Crippen molar-refractivity contribution in [2.24, 2.45) is 0 Å². The van der Waals surface area contributed by atoms with Crippen molar-refractivity contribution in [1.82, 2.24) is 0 Å². The molecule has 0 amide bonds. The molecule has 0 fully saturated rings. The average Bonchev–Trinajstić information content (AvgIpc) is 1.97. The molecule has 0 spiro atoms. The van der Waals surface area contributed by atoms with Gasteiger partial charge in [0.15, 0.2) is 0 Å². The Balaban J connectivity index is 2.96. The first kappa shape index (κ1) is 9.55. The van der Waals surface area contributed by atoms with Gasteiger partial charge in [0.25, 0.3) is 0 Å². The Kier molecular flexibility index (Phi) is 3.12. The zero-order chi connectivity index (χ0) is 9.14. The Morgan fingerprint density at radius 1 is 1.50 bits per heavy atom. The number of aromatic hydroxyl groups is 1. The van der Waals surface area contributed by atoms with Crippen LogP contribution >= 0.6 is 15.9 Å². The largest absolute Gasteiger partial charge is 0.508 e. The van der Waals surface area contributed by atoms with E-state index < -0.39 is 6.10 Å². The molecule has 1 atom stereocenters. The zero-order valence-electron chi connectivity index (χ0n) is 6.79. The van der Waals surface area contributed by atoms with Crippen LogP contribution in [0.5, 0.6) is 5.75 Å². The Morgan fingerprint density at radius 2 is 2.17 bits per heavy atom. The SMILES string of the molecule is C[C@@H](O)Cc1c(O)cccc1Br. The van der Waals surface area contributed by atoms with E-state index in [-0.39, 0.29) is 5.75 Å². The summed E-state index contributed by atoms with van der Waals surface area (Å²) in [5.74, 6) is 0.227. The highest BCUT2D eigenvalue weighted by Gasteiger charge is 2.07. The summed E-state index contributed by atoms with van der Waals surface area (Å²) in [7, 11) is 0. The van der Waals surface area contributed by atoms with Crippen LogP contribution in [-0.2, 0) is 6.42 Å². The molecule has 1 rings (SSSR count). The highest BCUT2D eigenvalue weighted by Crippen LogP contribution is 2.26. The Morgan fingerprint density at radius 3 is 2.67 bits per heavy atom. The summed E-state index contributed by atoms with van der Waals surface area (Å²) in [5.41, 5.74) is 0.757. The van der Waals surface area contributed by atoms with Crippen molar-refractivity contribution in [2.45, 2.75) is 19.4 Å². The second kappa shape index (κ2) is 3.92. The summed E-state index contributed by atoms with van der Waals surface area (Å²) in [6, 6.07) is 5.21. The summed E-state index contributed by atoms with van der Waals surface area (Å²) in [4.78, 5) is 0. The summed E-state index contributed by atoms with van der Waals surface area (Å²) >= 11 is 3.30. The molecule has 0 aliphatic rings. The van der Waals surface area contributed by atoms with Crippen molar-refractivity contribution < 1.29 is 10.2 Å². The smallest absolute Gasteiger partial charge is 0.119 e. The summed E-state index contributed by atoms with van der Waals surface area (Å²) in [6.45, 7) is 1.69. The van der Waals surface area contributed by atoms with Gasteiger partial charge in [0, 0.05) is 16.5 Å². The Bertz CT molecular complexity index is 251. The normalized spacial score (nSPS) is 12.9. The minimum absolute atomic E-state index is 0.227. The van der Waals surface area contributed by atoms with Gasteiger partial charge < -0.3 is 10.2 Å². The Labute approximate surface area is 80.0 Å². The molecule has 0 aromatic heterocycles. The van der Waals surface area contributed by atoms with E-state index in [1.54, 1.807) is 19.1 Å². The number of aliphatic hydroxyl groups excluding tert-OH is 1. The van der Waals surface area contributed by atoms with Gasteiger partial charge in [-0.2, -0.15) is 0 Å². The third kappa shape index (κ3) is 2.22. The lowest BCUT2D eigenvalue weighted by atomic mass is 10.1. The van der Waals surface area contributed by atoms with Gasteiger partial charge in [-0.15, -0.1) is 0 Å². The molecule has 0 radical (unpaired) electrons. The second-order valence-electron chi connectivity index (χ2n) is 2.79. The molecule has 0 unspecified atom stereocenters. The number of hydrogen-bond donors (Lipinski definition) is 2. The molecule has 2 nitrogen and oxygen atoms in total. The van der Waals surface area contributed by atoms with Crippen molar-refractivity contribution in [3.05, 3.63) is 28.2 Å². The number of aliphatic hydroxyl groups is 1. The Hall–Kier alpha value is -0.540. The average molecular weight is 231 g/mol. The maximum absolute atomic E-state index is 9.40. The molecule has 0 bridgehead atoms. The maximum Gasteiger partial charge on any atom is 0.119 e. The summed E-state index contributed by atoms with van der Waals surface area (Å²) in [5, 5.41) is 18.5. The lowest BCUT2D eigenvalue weighted by Crippen LogP contribution is -2.04. The number of benzene rings is 1. The van der Waals surface area contributed by atoms with Crippen molar-refractivity contribution in [2.75, 3.05) is 0 Å². The van der Waals surface area contributed by atoms with Gasteiger partial charge in [-0.3, -0.25) is 0 Å². The summed E-state index contributed by atoms with van der Waals surface area (Å²) in [6.07, 6.45) is 0.0300. The lowest BCUT2D eigenvalue weighted by molar-refractivity contribution is 0.194. The third-order valence-corrected chi connectivity index (χ3v) is 2.34. The van der Waals surface area contributed by atoms with E-state index in [9.17, 15) is 5.11 Å². The van der Waals surface area contributed by atoms with Crippen molar-refractivity contribution >= 4 is 15.9 Å². The van der Waals surface area contributed by atoms with Crippen molar-refractivity contribution in [3.8, 4) is 5.75 Å². The van der Waals surface area contributed by atoms with Crippen LogP contribution in [0.2, 0.25) is 0 Å². The van der Waals surface area contributed by atoms with Crippen LogP contribution < -0.4 is 0 Å². The second-order valence-corrected chi connectivity index (χ2v) is 3.64. The topological polar surface area (TPSA) is 40.5 Å². The minimum Gasteiger partial charge on any atom is -0.508 e. The van der Waals surface area contributed by atoms with Gasteiger partial charge in [-0.25, -0.2) is 0 Å². The molecule has 1 aromatic carbocycles. The van der Waals surface area contributed by atoms with Crippen LogP contribution in [0.4, 0.5) is 0 Å². The molecule has 2 N–H and O–H groups in total. The lowest BCUT2D eigenvalue weighted by Gasteiger charge is -2.08. The fourth-order valence-corrected chi connectivity index (χ4v) is 1.56. The number of phenolic OH excluding ortho intramolecular Hbond substituents is 1. The molecule has 0 heterocycles. The number of rotatable bonds is 2. The predicted octanol–water partition coefficient (Wildman–Crippen LogP) is 2.08. The van der Waals surface area contributed by atoms with Crippen LogP contribution in [-0.4, -0.2) is 16.3 Å². The number of halogens is 1. The molecule has 12 heavy (non-hydrogen) atoms. The number of phenols is 1. The van der Waals surface area contributed by atoms with E-state index in [1.165, 1.54) is 0 Å². The zero-order valence-corrected chi connectivity index (χ0v) is 8.37. The van der Waals surface area contributed by atoms with E-state index in [0.717, 1.165) is 10.0 Å². The van der Waals surface area contributed by atoms with Gasteiger partial charge >= 0.3 is 0 Å². The van der Waals surface area contributed by atoms with Crippen molar-refractivity contribution in [1.29, 1.82) is 0 Å². The molecule has 1 aromatic rings. The highest BCUT2D eigenvalue weighted by molar-refractivity contribution is 9.10. The van der Waals surface area contributed by atoms with Crippen LogP contribution in [0.25, 0.3) is 0 Å². The van der Waals surface area contributed by atoms with Crippen LogP contribution in [0.3, 0.4) is 0 Å². The maximum atomic E-state index is 9.40.